The van der Waals surface area contributed by atoms with E-state index >= 15 is 0 Å². The van der Waals surface area contributed by atoms with Crippen molar-refractivity contribution in [1.29, 1.82) is 0 Å². The van der Waals surface area contributed by atoms with Crippen LogP contribution < -0.4 is 10.2 Å². The summed E-state index contributed by atoms with van der Waals surface area (Å²) in [5.41, 5.74) is 0. The van der Waals surface area contributed by atoms with E-state index in [1.54, 1.807) is 11.7 Å². The third-order valence-corrected chi connectivity index (χ3v) is 2.36. The van der Waals surface area contributed by atoms with Crippen LogP contribution in [-0.4, -0.2) is 50.9 Å². The Morgan fingerprint density at radius 3 is 2.67 bits per heavy atom. The van der Waals surface area contributed by atoms with Gasteiger partial charge in [-0.2, -0.15) is 20.1 Å². The molecule has 0 aromatic carbocycles. The largest absolute Gasteiger partial charge is 0.357 e. The number of hydrogen-bond acceptors (Lipinski definition) is 7. The van der Waals surface area contributed by atoms with Gasteiger partial charge in [0.05, 0.1) is 0 Å². The van der Waals surface area contributed by atoms with Gasteiger partial charge in [-0.15, -0.1) is 0 Å². The van der Waals surface area contributed by atoms with Gasteiger partial charge in [-0.05, 0) is 6.92 Å². The smallest absolute Gasteiger partial charge is 0.230 e. The molecule has 2 heterocycles. The lowest BCUT2D eigenvalue weighted by Crippen LogP contribution is -2.16. The molecule has 18 heavy (non-hydrogen) atoms. The molecule has 0 fully saturated rings. The molecule has 0 aliphatic rings. The van der Waals surface area contributed by atoms with E-state index in [1.165, 1.54) is 6.33 Å². The number of nitrogens with one attached hydrogen (secondary N) is 1. The quantitative estimate of drug-likeness (QED) is 0.830. The molecule has 8 nitrogen and oxygen atoms in total. The number of aryl methyl sites for hydroxylation is 1. The van der Waals surface area contributed by atoms with Gasteiger partial charge >= 0.3 is 0 Å². The van der Waals surface area contributed by atoms with Crippen LogP contribution in [-0.2, 0) is 6.54 Å². The number of aromatic nitrogens is 6. The Bertz CT molecular complexity index is 532. The lowest BCUT2D eigenvalue weighted by Gasteiger charge is -2.12. The SMILES string of the molecule is CCn1ncnc1-c1nc(NC)nc(N(C)C)n1. The highest BCUT2D eigenvalue weighted by Gasteiger charge is 2.13. The molecule has 0 bridgehead atoms. The van der Waals surface area contributed by atoms with Crippen LogP contribution in [0.5, 0.6) is 0 Å². The van der Waals surface area contributed by atoms with Gasteiger partial charge in [0.15, 0.2) is 5.82 Å². The maximum absolute atomic E-state index is 4.37. The van der Waals surface area contributed by atoms with E-state index in [2.05, 4.69) is 30.4 Å². The van der Waals surface area contributed by atoms with Crippen molar-refractivity contribution < 1.29 is 0 Å². The highest BCUT2D eigenvalue weighted by Crippen LogP contribution is 2.16. The van der Waals surface area contributed by atoms with Crippen LogP contribution >= 0.6 is 0 Å². The maximum atomic E-state index is 4.37. The molecule has 0 radical (unpaired) electrons. The first-order chi connectivity index (χ1) is 8.65. The van der Waals surface area contributed by atoms with Crippen molar-refractivity contribution in [2.45, 2.75) is 13.5 Å². The van der Waals surface area contributed by atoms with Crippen molar-refractivity contribution in [1.82, 2.24) is 29.7 Å². The van der Waals surface area contributed by atoms with Crippen LogP contribution in [0.2, 0.25) is 0 Å². The number of hydrogen-bond donors (Lipinski definition) is 1. The highest BCUT2D eigenvalue weighted by atomic mass is 15.4. The average molecular weight is 248 g/mol. The molecule has 0 saturated carbocycles. The second-order valence-electron chi connectivity index (χ2n) is 3.83. The van der Waals surface area contributed by atoms with Crippen molar-refractivity contribution in [3.8, 4) is 11.6 Å². The van der Waals surface area contributed by atoms with Gasteiger partial charge in [0.25, 0.3) is 0 Å². The maximum Gasteiger partial charge on any atom is 0.230 e. The van der Waals surface area contributed by atoms with Gasteiger partial charge in [0, 0.05) is 27.7 Å². The Balaban J connectivity index is 2.53. The minimum Gasteiger partial charge on any atom is -0.357 e. The van der Waals surface area contributed by atoms with Crippen molar-refractivity contribution in [3.05, 3.63) is 6.33 Å². The molecule has 0 aliphatic heterocycles. The molecule has 0 aliphatic carbocycles. The summed E-state index contributed by atoms with van der Waals surface area (Å²) in [5, 5.41) is 7.03. The predicted molar refractivity (Wildman–Crippen MR) is 68.4 cm³/mol. The summed E-state index contributed by atoms with van der Waals surface area (Å²) in [4.78, 5) is 18.9. The van der Waals surface area contributed by atoms with Gasteiger partial charge in [0.2, 0.25) is 17.7 Å². The van der Waals surface area contributed by atoms with E-state index in [1.807, 2.05) is 25.9 Å². The Morgan fingerprint density at radius 2 is 2.06 bits per heavy atom. The van der Waals surface area contributed by atoms with Gasteiger partial charge < -0.3 is 10.2 Å². The molecular formula is C10H16N8. The molecule has 2 aromatic rings. The molecule has 0 amide bonds. The molecule has 2 rings (SSSR count). The fraction of sp³-hybridized carbons (Fsp3) is 0.500. The lowest BCUT2D eigenvalue weighted by atomic mass is 10.5. The van der Waals surface area contributed by atoms with E-state index in [-0.39, 0.29) is 0 Å². The summed E-state index contributed by atoms with van der Waals surface area (Å²) in [7, 11) is 5.52. The molecule has 2 aromatic heterocycles. The van der Waals surface area contributed by atoms with Gasteiger partial charge in [0.1, 0.15) is 6.33 Å². The van der Waals surface area contributed by atoms with E-state index in [0.29, 0.717) is 30.1 Å². The molecule has 0 spiro atoms. The molecule has 0 atom stereocenters. The fourth-order valence-electron chi connectivity index (χ4n) is 1.45. The van der Waals surface area contributed by atoms with Crippen LogP contribution in [0.4, 0.5) is 11.9 Å². The first-order valence-corrected chi connectivity index (χ1v) is 5.65. The van der Waals surface area contributed by atoms with E-state index < -0.39 is 0 Å². The van der Waals surface area contributed by atoms with Crippen molar-refractivity contribution >= 4 is 11.9 Å². The zero-order chi connectivity index (χ0) is 13.1. The standard InChI is InChI=1S/C10H16N8/c1-5-18-8(12-6-13-18)7-14-9(11-2)16-10(15-7)17(3)4/h6H,5H2,1-4H3,(H,11,14,15,16). The normalized spacial score (nSPS) is 10.4. The summed E-state index contributed by atoms with van der Waals surface area (Å²) in [6, 6.07) is 0. The lowest BCUT2D eigenvalue weighted by molar-refractivity contribution is 0.661. The van der Waals surface area contributed by atoms with Gasteiger partial charge in [-0.3, -0.25) is 0 Å². The number of nitrogens with zero attached hydrogens (tertiary/aromatic N) is 7. The number of rotatable bonds is 4. The summed E-state index contributed by atoms with van der Waals surface area (Å²) in [6.45, 7) is 2.71. The van der Waals surface area contributed by atoms with Crippen LogP contribution in [0.15, 0.2) is 6.33 Å². The van der Waals surface area contributed by atoms with E-state index in [9.17, 15) is 0 Å². The topological polar surface area (TPSA) is 84.7 Å². The summed E-state index contributed by atoms with van der Waals surface area (Å²) in [5.74, 6) is 2.24. The van der Waals surface area contributed by atoms with E-state index in [4.69, 9.17) is 0 Å². The Morgan fingerprint density at radius 1 is 1.28 bits per heavy atom. The molecule has 96 valence electrons. The highest BCUT2D eigenvalue weighted by molar-refractivity contribution is 5.49. The zero-order valence-corrected chi connectivity index (χ0v) is 10.9. The second kappa shape index (κ2) is 4.94. The van der Waals surface area contributed by atoms with E-state index in [0.717, 1.165) is 0 Å². The fourth-order valence-corrected chi connectivity index (χ4v) is 1.45. The van der Waals surface area contributed by atoms with Gasteiger partial charge in [-0.1, -0.05) is 0 Å². The first kappa shape index (κ1) is 12.2. The van der Waals surface area contributed by atoms with Crippen molar-refractivity contribution in [2.24, 2.45) is 0 Å². The van der Waals surface area contributed by atoms with Crippen LogP contribution in [0.25, 0.3) is 11.6 Å². The van der Waals surface area contributed by atoms with Gasteiger partial charge in [-0.25, -0.2) is 9.67 Å². The predicted octanol–water partition coefficient (Wildman–Crippen LogP) is 0.258. The molecule has 8 heteroatoms. The number of anilines is 2. The second-order valence-corrected chi connectivity index (χ2v) is 3.83. The minimum atomic E-state index is 0.509. The summed E-state index contributed by atoms with van der Waals surface area (Å²) < 4.78 is 1.74. The van der Waals surface area contributed by atoms with Crippen molar-refractivity contribution in [3.63, 3.8) is 0 Å². The Labute approximate surface area is 105 Å². The average Bonchev–Trinajstić information content (AvgIpc) is 2.86. The molecule has 0 saturated heterocycles. The minimum absolute atomic E-state index is 0.509. The monoisotopic (exact) mass is 248 g/mol. The zero-order valence-electron chi connectivity index (χ0n) is 10.9. The van der Waals surface area contributed by atoms with Crippen LogP contribution in [0.1, 0.15) is 6.92 Å². The van der Waals surface area contributed by atoms with Crippen molar-refractivity contribution in [2.75, 3.05) is 31.4 Å². The Kier molecular flexibility index (Phi) is 3.35. The first-order valence-electron chi connectivity index (χ1n) is 5.65. The third kappa shape index (κ3) is 2.22. The third-order valence-electron chi connectivity index (χ3n) is 2.36. The molecule has 0 unspecified atom stereocenters. The Hall–Kier alpha value is -2.25. The molecular weight excluding hydrogens is 232 g/mol. The summed E-state index contributed by atoms with van der Waals surface area (Å²) >= 11 is 0. The summed E-state index contributed by atoms with van der Waals surface area (Å²) in [6.07, 6.45) is 1.50. The molecule has 1 N–H and O–H groups in total. The van der Waals surface area contributed by atoms with Crippen LogP contribution in [0.3, 0.4) is 0 Å². The van der Waals surface area contributed by atoms with Crippen LogP contribution in [0, 0.1) is 0 Å².